The minimum atomic E-state index is -0.481. The molecule has 3 N–H and O–H groups in total. The van der Waals surface area contributed by atoms with Crippen molar-refractivity contribution in [3.63, 3.8) is 0 Å². The molecule has 0 radical (unpaired) electrons. The highest BCUT2D eigenvalue weighted by molar-refractivity contribution is 8.00. The van der Waals surface area contributed by atoms with E-state index in [0.29, 0.717) is 29.2 Å². The lowest BCUT2D eigenvalue weighted by atomic mass is 10.1. The maximum absolute atomic E-state index is 13.5. The van der Waals surface area contributed by atoms with E-state index in [0.717, 1.165) is 27.3 Å². The zero-order valence-electron chi connectivity index (χ0n) is 27.0. The van der Waals surface area contributed by atoms with Gasteiger partial charge in [-0.1, -0.05) is 72.8 Å². The predicted molar refractivity (Wildman–Crippen MR) is 194 cm³/mol. The molecule has 0 bridgehead atoms. The van der Waals surface area contributed by atoms with E-state index in [4.69, 9.17) is 4.74 Å². The van der Waals surface area contributed by atoms with Gasteiger partial charge in [-0.2, -0.15) is 0 Å². The van der Waals surface area contributed by atoms with Gasteiger partial charge in [0.2, 0.25) is 5.91 Å². The van der Waals surface area contributed by atoms with E-state index in [9.17, 15) is 14.4 Å². The molecule has 5 aromatic rings. The van der Waals surface area contributed by atoms with Gasteiger partial charge in [0.05, 0.1) is 5.25 Å². The van der Waals surface area contributed by atoms with Gasteiger partial charge < -0.3 is 20.7 Å². The van der Waals surface area contributed by atoms with Crippen LogP contribution in [0.4, 0.5) is 11.4 Å². The molecule has 0 aromatic heterocycles. The van der Waals surface area contributed by atoms with Gasteiger partial charge in [-0.05, 0) is 104 Å². The molecule has 7 nitrogen and oxygen atoms in total. The summed E-state index contributed by atoms with van der Waals surface area (Å²) in [5.74, 6) is -0.291. The highest BCUT2D eigenvalue weighted by Gasteiger charge is 2.18. The van der Waals surface area contributed by atoms with Crippen LogP contribution in [-0.2, 0) is 16.2 Å². The molecule has 0 aliphatic heterocycles. The van der Waals surface area contributed by atoms with Crippen LogP contribution in [0.3, 0.4) is 0 Å². The van der Waals surface area contributed by atoms with Crippen LogP contribution in [0.15, 0.2) is 138 Å². The molecule has 5 aromatic carbocycles. The first-order valence-electron chi connectivity index (χ1n) is 15.6. The molecule has 0 fully saturated rings. The number of hydrogen-bond donors (Lipinski definition) is 3. The SMILES string of the molecule is Cc1cccc(NC(=O)C(C)Sc2ccc(NC(=O)/C(=C/c3ccc(OCc4ccccc4)cc3)NC(=O)c3ccccc3)cc2)c1C. The summed E-state index contributed by atoms with van der Waals surface area (Å²) < 4.78 is 5.89. The molecule has 0 saturated carbocycles. The van der Waals surface area contributed by atoms with Gasteiger partial charge in [-0.25, -0.2) is 0 Å². The van der Waals surface area contributed by atoms with Gasteiger partial charge >= 0.3 is 0 Å². The number of ether oxygens (including phenoxy) is 1. The Balaban J connectivity index is 1.25. The number of carbonyl (C=O) groups excluding carboxylic acids is 3. The number of thioether (sulfide) groups is 1. The monoisotopic (exact) mass is 655 g/mol. The van der Waals surface area contributed by atoms with E-state index in [1.165, 1.54) is 11.8 Å². The molecule has 8 heteroatoms. The Morgan fingerprint density at radius 3 is 2.10 bits per heavy atom. The maximum atomic E-state index is 13.5. The second-order valence-corrected chi connectivity index (χ2v) is 12.6. The molecule has 5 rings (SSSR count). The average Bonchev–Trinajstić information content (AvgIpc) is 3.11. The molecule has 48 heavy (non-hydrogen) atoms. The van der Waals surface area contributed by atoms with Crippen LogP contribution in [0.2, 0.25) is 0 Å². The van der Waals surface area contributed by atoms with Crippen LogP contribution in [0, 0.1) is 13.8 Å². The highest BCUT2D eigenvalue weighted by Crippen LogP contribution is 2.27. The summed E-state index contributed by atoms with van der Waals surface area (Å²) in [4.78, 5) is 40.3. The second-order valence-electron chi connectivity index (χ2n) is 11.2. The predicted octanol–water partition coefficient (Wildman–Crippen LogP) is 8.41. The minimum absolute atomic E-state index is 0.0805. The van der Waals surface area contributed by atoms with E-state index in [2.05, 4.69) is 16.0 Å². The Labute approximate surface area is 285 Å². The highest BCUT2D eigenvalue weighted by atomic mass is 32.2. The fraction of sp³-hybridized carbons (Fsp3) is 0.125. The van der Waals surface area contributed by atoms with Crippen LogP contribution < -0.4 is 20.7 Å². The lowest BCUT2D eigenvalue weighted by molar-refractivity contribution is -0.115. The summed E-state index contributed by atoms with van der Waals surface area (Å²) in [6, 6.07) is 39.0. The molecule has 242 valence electrons. The van der Waals surface area contributed by atoms with Crippen molar-refractivity contribution < 1.29 is 19.1 Å². The Morgan fingerprint density at radius 2 is 1.42 bits per heavy atom. The molecule has 1 atom stereocenters. The molecule has 0 saturated heterocycles. The van der Waals surface area contributed by atoms with Gasteiger partial charge in [-0.15, -0.1) is 11.8 Å². The fourth-order valence-corrected chi connectivity index (χ4v) is 5.57. The fourth-order valence-electron chi connectivity index (χ4n) is 4.70. The first-order chi connectivity index (χ1) is 23.2. The Kier molecular flexibility index (Phi) is 11.5. The van der Waals surface area contributed by atoms with Gasteiger partial charge in [0.15, 0.2) is 0 Å². The van der Waals surface area contributed by atoms with Gasteiger partial charge in [0.1, 0.15) is 18.1 Å². The van der Waals surface area contributed by atoms with Gasteiger partial charge in [-0.3, -0.25) is 14.4 Å². The Bertz CT molecular complexity index is 1890. The zero-order chi connectivity index (χ0) is 33.9. The molecule has 0 aliphatic rings. The summed E-state index contributed by atoms with van der Waals surface area (Å²) in [5.41, 5.74) is 5.79. The van der Waals surface area contributed by atoms with E-state index >= 15 is 0 Å². The summed E-state index contributed by atoms with van der Waals surface area (Å²) in [6.45, 7) is 6.30. The van der Waals surface area contributed by atoms with Crippen molar-refractivity contribution >= 4 is 46.9 Å². The molecule has 0 heterocycles. The largest absolute Gasteiger partial charge is 0.489 e. The molecule has 0 spiro atoms. The lowest BCUT2D eigenvalue weighted by Gasteiger charge is -2.15. The number of rotatable bonds is 12. The minimum Gasteiger partial charge on any atom is -0.489 e. The van der Waals surface area contributed by atoms with Crippen molar-refractivity contribution in [2.75, 3.05) is 10.6 Å². The Morgan fingerprint density at radius 1 is 0.750 bits per heavy atom. The third kappa shape index (κ3) is 9.47. The average molecular weight is 656 g/mol. The van der Waals surface area contributed by atoms with Crippen LogP contribution in [-0.4, -0.2) is 23.0 Å². The zero-order valence-corrected chi connectivity index (χ0v) is 27.8. The van der Waals surface area contributed by atoms with E-state index in [1.54, 1.807) is 42.5 Å². The molecule has 0 aliphatic carbocycles. The first-order valence-corrected chi connectivity index (χ1v) is 16.4. The molecular weight excluding hydrogens is 619 g/mol. The molecule has 1 unspecified atom stereocenters. The van der Waals surface area contributed by atoms with Crippen molar-refractivity contribution in [3.8, 4) is 5.75 Å². The number of anilines is 2. The number of aryl methyl sites for hydroxylation is 1. The van der Waals surface area contributed by atoms with E-state index in [-0.39, 0.29) is 16.9 Å². The quantitative estimate of drug-likeness (QED) is 0.0927. The third-order valence-electron chi connectivity index (χ3n) is 7.63. The normalized spacial score (nSPS) is 11.7. The third-order valence-corrected chi connectivity index (χ3v) is 8.74. The summed E-state index contributed by atoms with van der Waals surface area (Å²) in [7, 11) is 0. The second kappa shape index (κ2) is 16.3. The number of benzene rings is 5. The number of nitrogens with one attached hydrogen (secondary N) is 3. The van der Waals surface area contributed by atoms with Crippen LogP contribution >= 0.6 is 11.8 Å². The van der Waals surface area contributed by atoms with Crippen molar-refractivity contribution in [3.05, 3.63) is 161 Å². The standard InChI is InChI=1S/C40H37N3O4S/c1-27-11-10-16-36(28(27)2)42-38(44)29(3)48-35-23-19-33(20-24-35)41-40(46)37(43-39(45)32-14-8-5-9-15-32)25-30-17-21-34(22-18-30)47-26-31-12-6-4-7-13-31/h4-25,29H,26H2,1-3H3,(H,41,46)(H,42,44)(H,43,45)/b37-25-. The molecule has 3 amide bonds. The van der Waals surface area contributed by atoms with Gasteiger partial charge in [0.25, 0.3) is 11.8 Å². The Hall–Kier alpha value is -5.60. The van der Waals surface area contributed by atoms with E-state index < -0.39 is 11.8 Å². The van der Waals surface area contributed by atoms with Crippen LogP contribution in [0.1, 0.15) is 39.5 Å². The maximum Gasteiger partial charge on any atom is 0.272 e. The first kappa shape index (κ1) is 33.8. The lowest BCUT2D eigenvalue weighted by Crippen LogP contribution is -2.30. The van der Waals surface area contributed by atoms with Gasteiger partial charge in [0, 0.05) is 21.8 Å². The van der Waals surface area contributed by atoms with Crippen LogP contribution in [0.5, 0.6) is 5.75 Å². The summed E-state index contributed by atoms with van der Waals surface area (Å²) in [5, 5.41) is 8.33. The van der Waals surface area contributed by atoms with E-state index in [1.807, 2.05) is 112 Å². The topological polar surface area (TPSA) is 96.5 Å². The van der Waals surface area contributed by atoms with Crippen molar-refractivity contribution in [2.24, 2.45) is 0 Å². The smallest absolute Gasteiger partial charge is 0.272 e. The van der Waals surface area contributed by atoms with Crippen LogP contribution in [0.25, 0.3) is 6.08 Å². The summed E-state index contributed by atoms with van der Waals surface area (Å²) >= 11 is 1.42. The number of hydrogen-bond acceptors (Lipinski definition) is 5. The van der Waals surface area contributed by atoms with Crippen molar-refractivity contribution in [1.29, 1.82) is 0 Å². The molecular formula is C40H37N3O4S. The van der Waals surface area contributed by atoms with Crippen molar-refractivity contribution in [2.45, 2.75) is 37.5 Å². The number of carbonyl (C=O) groups is 3. The summed E-state index contributed by atoms with van der Waals surface area (Å²) in [6.07, 6.45) is 1.62. The van der Waals surface area contributed by atoms with Crippen molar-refractivity contribution in [1.82, 2.24) is 5.32 Å². The number of amides is 3.